The first-order valence-corrected chi connectivity index (χ1v) is 11.5. The number of pyridine rings is 1. The molecule has 7 heteroatoms. The molecule has 2 aromatic heterocycles. The third-order valence-corrected chi connectivity index (χ3v) is 6.07. The predicted octanol–water partition coefficient (Wildman–Crippen LogP) is 4.53. The maximum Gasteiger partial charge on any atom is 0.233 e. The van der Waals surface area contributed by atoms with Gasteiger partial charge in [-0.15, -0.1) is 10.2 Å². The van der Waals surface area contributed by atoms with Crippen molar-refractivity contribution in [1.82, 2.24) is 24.6 Å². The number of benzene rings is 2. The quantitative estimate of drug-likeness (QED) is 0.356. The van der Waals surface area contributed by atoms with Crippen LogP contribution in [0.25, 0.3) is 11.4 Å². The highest BCUT2D eigenvalue weighted by Gasteiger charge is 2.18. The highest BCUT2D eigenvalue weighted by Crippen LogP contribution is 2.25. The van der Waals surface area contributed by atoms with Gasteiger partial charge in [0.1, 0.15) is 0 Å². The molecule has 0 bridgehead atoms. The molecule has 0 atom stereocenters. The van der Waals surface area contributed by atoms with Gasteiger partial charge in [-0.1, -0.05) is 72.4 Å². The summed E-state index contributed by atoms with van der Waals surface area (Å²) in [5.41, 5.74) is 3.22. The molecule has 0 fully saturated rings. The molecule has 2 heterocycles. The molecular formula is C25H25N5OS. The van der Waals surface area contributed by atoms with Crippen LogP contribution in [0.3, 0.4) is 0 Å². The van der Waals surface area contributed by atoms with Gasteiger partial charge in [0.2, 0.25) is 5.91 Å². The topological polar surface area (TPSA) is 63.9 Å². The van der Waals surface area contributed by atoms with Crippen molar-refractivity contribution in [2.45, 2.75) is 25.2 Å². The molecule has 32 heavy (non-hydrogen) atoms. The molecular weight excluding hydrogens is 418 g/mol. The summed E-state index contributed by atoms with van der Waals surface area (Å²) in [5.74, 6) is 1.16. The summed E-state index contributed by atoms with van der Waals surface area (Å²) in [6.07, 6.45) is 3.49. The Balaban J connectivity index is 1.52. The van der Waals surface area contributed by atoms with Crippen LogP contribution in [0.2, 0.25) is 0 Å². The Labute approximate surface area is 192 Å². The number of carbonyl (C=O) groups excluding carboxylic acids is 1. The Kier molecular flexibility index (Phi) is 7.30. The van der Waals surface area contributed by atoms with E-state index in [2.05, 4.69) is 31.9 Å². The minimum atomic E-state index is 0.0843. The van der Waals surface area contributed by atoms with E-state index in [1.165, 1.54) is 11.8 Å². The Hall–Kier alpha value is -3.45. The largest absolute Gasteiger partial charge is 0.338 e. The van der Waals surface area contributed by atoms with Gasteiger partial charge in [-0.3, -0.25) is 14.3 Å². The van der Waals surface area contributed by atoms with E-state index >= 15 is 0 Å². The summed E-state index contributed by atoms with van der Waals surface area (Å²) in [7, 11) is 0. The minimum absolute atomic E-state index is 0.0843. The summed E-state index contributed by atoms with van der Waals surface area (Å²) < 4.78 is 2.07. The number of thioether (sulfide) groups is 1. The van der Waals surface area contributed by atoms with E-state index in [1.807, 2.05) is 72.5 Å². The van der Waals surface area contributed by atoms with Crippen molar-refractivity contribution < 1.29 is 4.79 Å². The number of nitrogens with zero attached hydrogens (tertiary/aromatic N) is 5. The zero-order valence-electron chi connectivity index (χ0n) is 18.0. The molecule has 0 N–H and O–H groups in total. The van der Waals surface area contributed by atoms with E-state index in [-0.39, 0.29) is 5.91 Å². The van der Waals surface area contributed by atoms with Gasteiger partial charge in [0.05, 0.1) is 12.3 Å². The molecule has 0 radical (unpaired) electrons. The highest BCUT2D eigenvalue weighted by molar-refractivity contribution is 7.99. The second kappa shape index (κ2) is 10.7. The minimum Gasteiger partial charge on any atom is -0.338 e. The lowest BCUT2D eigenvalue weighted by molar-refractivity contribution is -0.128. The van der Waals surface area contributed by atoms with Crippen LogP contribution >= 0.6 is 11.8 Å². The fourth-order valence-electron chi connectivity index (χ4n) is 3.42. The first-order valence-electron chi connectivity index (χ1n) is 10.6. The molecule has 4 rings (SSSR count). The van der Waals surface area contributed by atoms with Crippen LogP contribution in [-0.2, 0) is 17.9 Å². The third-order valence-electron chi connectivity index (χ3n) is 5.11. The number of aromatic nitrogens is 4. The zero-order chi connectivity index (χ0) is 22.2. The van der Waals surface area contributed by atoms with E-state index in [4.69, 9.17) is 0 Å². The van der Waals surface area contributed by atoms with Gasteiger partial charge in [0, 0.05) is 31.0 Å². The SMILES string of the molecule is CCN(Cc1ccccc1)C(=O)CSc1nnc(-c2ccncc2)n1Cc1ccccc1. The summed E-state index contributed by atoms with van der Waals surface area (Å²) in [5, 5.41) is 9.57. The maximum absolute atomic E-state index is 12.9. The van der Waals surface area contributed by atoms with E-state index in [0.717, 1.165) is 27.7 Å². The molecule has 6 nitrogen and oxygen atoms in total. The summed E-state index contributed by atoms with van der Waals surface area (Å²) in [6, 6.07) is 24.1. The summed E-state index contributed by atoms with van der Waals surface area (Å²) in [6.45, 7) is 3.90. The average molecular weight is 444 g/mol. The van der Waals surface area contributed by atoms with Gasteiger partial charge in [-0.2, -0.15) is 0 Å². The molecule has 0 saturated carbocycles. The second-order valence-electron chi connectivity index (χ2n) is 7.30. The first kappa shape index (κ1) is 21.8. The lowest BCUT2D eigenvalue weighted by atomic mass is 10.2. The Morgan fingerprint density at radius 2 is 1.56 bits per heavy atom. The smallest absolute Gasteiger partial charge is 0.233 e. The number of hydrogen-bond donors (Lipinski definition) is 0. The fraction of sp³-hybridized carbons (Fsp3) is 0.200. The van der Waals surface area contributed by atoms with Crippen LogP contribution < -0.4 is 0 Å². The molecule has 0 aliphatic rings. The van der Waals surface area contributed by atoms with E-state index in [9.17, 15) is 4.79 Å². The van der Waals surface area contributed by atoms with Gasteiger partial charge in [0.25, 0.3) is 0 Å². The molecule has 0 aliphatic carbocycles. The molecule has 0 saturated heterocycles. The molecule has 1 amide bonds. The van der Waals surface area contributed by atoms with Crippen LogP contribution in [0, 0.1) is 0 Å². The van der Waals surface area contributed by atoms with Crippen molar-refractivity contribution in [3.8, 4) is 11.4 Å². The summed E-state index contributed by atoms with van der Waals surface area (Å²) >= 11 is 1.43. The second-order valence-corrected chi connectivity index (χ2v) is 8.24. The van der Waals surface area contributed by atoms with Gasteiger partial charge in [-0.25, -0.2) is 0 Å². The third kappa shape index (κ3) is 5.42. The maximum atomic E-state index is 12.9. The Bertz CT molecular complexity index is 1130. The van der Waals surface area contributed by atoms with Crippen molar-refractivity contribution in [2.75, 3.05) is 12.3 Å². The summed E-state index contributed by atoms with van der Waals surface area (Å²) in [4.78, 5) is 18.9. The van der Waals surface area contributed by atoms with Gasteiger partial charge >= 0.3 is 0 Å². The highest BCUT2D eigenvalue weighted by atomic mass is 32.2. The lowest BCUT2D eigenvalue weighted by Gasteiger charge is -2.21. The normalized spacial score (nSPS) is 10.8. The van der Waals surface area contributed by atoms with Crippen molar-refractivity contribution in [2.24, 2.45) is 0 Å². The van der Waals surface area contributed by atoms with E-state index < -0.39 is 0 Å². The lowest BCUT2D eigenvalue weighted by Crippen LogP contribution is -2.31. The van der Waals surface area contributed by atoms with E-state index in [0.29, 0.717) is 25.4 Å². The van der Waals surface area contributed by atoms with Crippen LogP contribution in [0.1, 0.15) is 18.1 Å². The fourth-order valence-corrected chi connectivity index (χ4v) is 4.26. The molecule has 162 valence electrons. The van der Waals surface area contributed by atoms with Crippen molar-refractivity contribution in [3.05, 3.63) is 96.3 Å². The van der Waals surface area contributed by atoms with Crippen LogP contribution in [0.5, 0.6) is 0 Å². The van der Waals surface area contributed by atoms with Crippen LogP contribution in [-0.4, -0.2) is 42.9 Å². The number of rotatable bonds is 9. The first-order chi connectivity index (χ1) is 15.7. The molecule has 4 aromatic rings. The van der Waals surface area contributed by atoms with Crippen molar-refractivity contribution in [3.63, 3.8) is 0 Å². The van der Waals surface area contributed by atoms with Gasteiger partial charge < -0.3 is 4.90 Å². The Morgan fingerprint density at radius 3 is 2.22 bits per heavy atom. The van der Waals surface area contributed by atoms with Gasteiger partial charge in [-0.05, 0) is 30.2 Å². The molecule has 0 unspecified atom stereocenters. The van der Waals surface area contributed by atoms with Crippen LogP contribution in [0.4, 0.5) is 0 Å². The number of amides is 1. The Morgan fingerprint density at radius 1 is 0.906 bits per heavy atom. The average Bonchev–Trinajstić information content (AvgIpc) is 3.25. The van der Waals surface area contributed by atoms with Crippen molar-refractivity contribution in [1.29, 1.82) is 0 Å². The monoisotopic (exact) mass is 443 g/mol. The number of hydrogen-bond acceptors (Lipinski definition) is 5. The predicted molar refractivity (Wildman–Crippen MR) is 127 cm³/mol. The zero-order valence-corrected chi connectivity index (χ0v) is 18.8. The standard InChI is InChI=1S/C25H25N5OS/c1-2-29(17-20-9-5-3-6-10-20)23(31)19-32-25-28-27-24(22-13-15-26-16-14-22)30(25)18-21-11-7-4-8-12-21/h3-16H,2,17-19H2,1H3. The molecule has 0 spiro atoms. The molecule has 0 aliphatic heterocycles. The number of carbonyl (C=O) groups is 1. The molecule has 2 aromatic carbocycles. The van der Waals surface area contributed by atoms with E-state index in [1.54, 1.807) is 12.4 Å². The van der Waals surface area contributed by atoms with Crippen molar-refractivity contribution >= 4 is 17.7 Å². The van der Waals surface area contributed by atoms with Gasteiger partial charge in [0.15, 0.2) is 11.0 Å². The van der Waals surface area contributed by atoms with Crippen LogP contribution in [0.15, 0.2) is 90.3 Å².